The summed E-state index contributed by atoms with van der Waals surface area (Å²) in [7, 11) is 0. The van der Waals surface area contributed by atoms with Crippen LogP contribution in [-0.2, 0) is 11.3 Å². The monoisotopic (exact) mass is 282 g/mol. The molecule has 0 aromatic heterocycles. The van der Waals surface area contributed by atoms with Gasteiger partial charge in [-0.2, -0.15) is 0 Å². The Hall–Kier alpha value is -1.13. The van der Waals surface area contributed by atoms with Crippen molar-refractivity contribution in [1.29, 1.82) is 0 Å². The smallest absolute Gasteiger partial charge is 0.234 e. The maximum Gasteiger partial charge on any atom is 0.234 e. The Labute approximate surface area is 104 Å². The molecule has 1 aromatic carbocycles. The summed E-state index contributed by atoms with van der Waals surface area (Å²) in [5.74, 6) is -0.0161. The average molecular weight is 283 g/mol. The van der Waals surface area contributed by atoms with Gasteiger partial charge in [0.1, 0.15) is 0 Å². The molecule has 1 rings (SSSR count). The van der Waals surface area contributed by atoms with Crippen LogP contribution in [0.5, 0.6) is 0 Å². The van der Waals surface area contributed by atoms with Crippen molar-refractivity contribution >= 4 is 21.8 Å². The minimum atomic E-state index is -0.0161. The molecule has 0 atom stereocenters. The van der Waals surface area contributed by atoms with E-state index in [-0.39, 0.29) is 5.91 Å². The van der Waals surface area contributed by atoms with Gasteiger partial charge >= 0.3 is 0 Å². The lowest BCUT2D eigenvalue weighted by atomic mass is 10.2. The molecule has 0 aliphatic carbocycles. The highest BCUT2D eigenvalue weighted by molar-refractivity contribution is 9.10. The molecular weight excluding hydrogens is 268 g/mol. The summed E-state index contributed by atoms with van der Waals surface area (Å²) in [6.45, 7) is 5.06. The van der Waals surface area contributed by atoms with Crippen LogP contribution in [0.3, 0.4) is 0 Å². The SMILES string of the molecule is C=CCNCC(=O)NCc1ccccc1Br. The van der Waals surface area contributed by atoms with Gasteiger partial charge < -0.3 is 10.6 Å². The van der Waals surface area contributed by atoms with Gasteiger partial charge in [0.05, 0.1) is 6.54 Å². The molecule has 0 aliphatic rings. The Bertz CT molecular complexity index is 366. The summed E-state index contributed by atoms with van der Waals surface area (Å²) < 4.78 is 1.01. The highest BCUT2D eigenvalue weighted by Crippen LogP contribution is 2.14. The van der Waals surface area contributed by atoms with Crippen LogP contribution < -0.4 is 10.6 Å². The largest absolute Gasteiger partial charge is 0.351 e. The lowest BCUT2D eigenvalue weighted by Gasteiger charge is -2.07. The molecule has 0 fully saturated rings. The Morgan fingerprint density at radius 1 is 1.44 bits per heavy atom. The molecule has 16 heavy (non-hydrogen) atoms. The molecule has 0 aliphatic heterocycles. The summed E-state index contributed by atoms with van der Waals surface area (Å²) in [6.07, 6.45) is 1.72. The molecular formula is C12H15BrN2O. The van der Waals surface area contributed by atoms with E-state index in [0.717, 1.165) is 10.0 Å². The molecule has 86 valence electrons. The van der Waals surface area contributed by atoms with Crippen molar-refractivity contribution in [1.82, 2.24) is 10.6 Å². The minimum absolute atomic E-state index is 0.0161. The molecule has 0 spiro atoms. The summed E-state index contributed by atoms with van der Waals surface area (Å²) in [5, 5.41) is 5.78. The number of benzene rings is 1. The lowest BCUT2D eigenvalue weighted by Crippen LogP contribution is -2.33. The zero-order valence-electron chi connectivity index (χ0n) is 9.00. The van der Waals surface area contributed by atoms with Crippen molar-refractivity contribution in [2.24, 2.45) is 0 Å². The van der Waals surface area contributed by atoms with E-state index in [9.17, 15) is 4.79 Å². The van der Waals surface area contributed by atoms with Crippen LogP contribution in [0.4, 0.5) is 0 Å². The first-order chi connectivity index (χ1) is 7.74. The Morgan fingerprint density at radius 2 is 2.19 bits per heavy atom. The van der Waals surface area contributed by atoms with E-state index in [1.807, 2.05) is 24.3 Å². The van der Waals surface area contributed by atoms with E-state index in [0.29, 0.717) is 19.6 Å². The predicted molar refractivity (Wildman–Crippen MR) is 69.1 cm³/mol. The first kappa shape index (κ1) is 12.9. The molecule has 0 heterocycles. The second-order valence-corrected chi connectivity index (χ2v) is 4.14. The number of carbonyl (C=O) groups is 1. The number of halogens is 1. The predicted octanol–water partition coefficient (Wildman–Crippen LogP) is 1.84. The molecule has 0 saturated heterocycles. The summed E-state index contributed by atoms with van der Waals surface area (Å²) in [4.78, 5) is 11.4. The Morgan fingerprint density at radius 3 is 2.88 bits per heavy atom. The highest BCUT2D eigenvalue weighted by atomic mass is 79.9. The molecule has 0 bridgehead atoms. The fourth-order valence-electron chi connectivity index (χ4n) is 1.19. The summed E-state index contributed by atoms with van der Waals surface area (Å²) >= 11 is 3.43. The number of hydrogen-bond acceptors (Lipinski definition) is 2. The minimum Gasteiger partial charge on any atom is -0.351 e. The normalized spacial score (nSPS) is 9.81. The number of nitrogens with one attached hydrogen (secondary N) is 2. The van der Waals surface area contributed by atoms with Gasteiger partial charge in [-0.05, 0) is 11.6 Å². The van der Waals surface area contributed by atoms with E-state index in [2.05, 4.69) is 33.1 Å². The number of amides is 1. The van der Waals surface area contributed by atoms with Gasteiger partial charge in [0.2, 0.25) is 5.91 Å². The summed E-state index contributed by atoms with van der Waals surface area (Å²) in [5.41, 5.74) is 1.07. The van der Waals surface area contributed by atoms with Crippen LogP contribution in [0.1, 0.15) is 5.56 Å². The molecule has 3 nitrogen and oxygen atoms in total. The van der Waals surface area contributed by atoms with Crippen LogP contribution >= 0.6 is 15.9 Å². The molecule has 2 N–H and O–H groups in total. The zero-order chi connectivity index (χ0) is 11.8. The standard InChI is InChI=1S/C12H15BrN2O/c1-2-7-14-9-12(16)15-8-10-5-3-4-6-11(10)13/h2-6,14H,1,7-9H2,(H,15,16). The van der Waals surface area contributed by atoms with Crippen LogP contribution in [0.25, 0.3) is 0 Å². The Balaban J connectivity index is 2.31. The maximum atomic E-state index is 11.4. The van der Waals surface area contributed by atoms with Crippen molar-refractivity contribution in [3.8, 4) is 0 Å². The molecule has 0 unspecified atom stereocenters. The maximum absolute atomic E-state index is 11.4. The van der Waals surface area contributed by atoms with Crippen molar-refractivity contribution < 1.29 is 4.79 Å². The van der Waals surface area contributed by atoms with E-state index in [4.69, 9.17) is 0 Å². The molecule has 1 aromatic rings. The first-order valence-electron chi connectivity index (χ1n) is 5.05. The summed E-state index contributed by atoms with van der Waals surface area (Å²) in [6, 6.07) is 7.82. The van der Waals surface area contributed by atoms with Crippen molar-refractivity contribution in [3.63, 3.8) is 0 Å². The second-order valence-electron chi connectivity index (χ2n) is 3.29. The third-order valence-electron chi connectivity index (χ3n) is 2.01. The van der Waals surface area contributed by atoms with E-state index >= 15 is 0 Å². The molecule has 0 saturated carbocycles. The highest BCUT2D eigenvalue weighted by Gasteiger charge is 2.01. The van der Waals surface area contributed by atoms with Crippen LogP contribution in [0.15, 0.2) is 41.4 Å². The van der Waals surface area contributed by atoms with Gasteiger partial charge in [0.25, 0.3) is 0 Å². The fourth-order valence-corrected chi connectivity index (χ4v) is 1.61. The Kier molecular flexibility index (Phi) is 5.82. The van der Waals surface area contributed by atoms with Gasteiger partial charge in [-0.1, -0.05) is 40.2 Å². The fraction of sp³-hybridized carbons (Fsp3) is 0.250. The van der Waals surface area contributed by atoms with E-state index in [1.54, 1.807) is 6.08 Å². The van der Waals surface area contributed by atoms with Gasteiger partial charge in [-0.15, -0.1) is 6.58 Å². The van der Waals surface area contributed by atoms with Crippen molar-refractivity contribution in [3.05, 3.63) is 47.0 Å². The van der Waals surface area contributed by atoms with Crippen molar-refractivity contribution in [2.75, 3.05) is 13.1 Å². The molecule has 0 radical (unpaired) electrons. The van der Waals surface area contributed by atoms with Crippen LogP contribution in [0, 0.1) is 0 Å². The van der Waals surface area contributed by atoms with Gasteiger partial charge in [0.15, 0.2) is 0 Å². The third-order valence-corrected chi connectivity index (χ3v) is 2.78. The number of carbonyl (C=O) groups excluding carboxylic acids is 1. The molecule has 1 amide bonds. The zero-order valence-corrected chi connectivity index (χ0v) is 10.6. The van der Waals surface area contributed by atoms with Crippen molar-refractivity contribution in [2.45, 2.75) is 6.54 Å². The lowest BCUT2D eigenvalue weighted by molar-refractivity contribution is -0.120. The van der Waals surface area contributed by atoms with Crippen LogP contribution in [0.2, 0.25) is 0 Å². The third kappa shape index (κ3) is 4.59. The van der Waals surface area contributed by atoms with Gasteiger partial charge in [-0.3, -0.25) is 4.79 Å². The van der Waals surface area contributed by atoms with Gasteiger partial charge in [-0.25, -0.2) is 0 Å². The quantitative estimate of drug-likeness (QED) is 0.618. The van der Waals surface area contributed by atoms with E-state index in [1.165, 1.54) is 0 Å². The first-order valence-corrected chi connectivity index (χ1v) is 5.85. The number of rotatable bonds is 6. The van der Waals surface area contributed by atoms with Crippen LogP contribution in [-0.4, -0.2) is 19.0 Å². The molecule has 4 heteroatoms. The van der Waals surface area contributed by atoms with E-state index < -0.39 is 0 Å². The number of hydrogen-bond donors (Lipinski definition) is 2. The van der Waals surface area contributed by atoms with Gasteiger partial charge in [0, 0.05) is 17.6 Å². The average Bonchev–Trinajstić information content (AvgIpc) is 2.28. The second kappa shape index (κ2) is 7.19. The topological polar surface area (TPSA) is 41.1 Å².